The molecule has 3 aromatic rings. The lowest BCUT2D eigenvalue weighted by molar-refractivity contribution is -0.127. The van der Waals surface area contributed by atoms with Crippen LogP contribution in [0.15, 0.2) is 65.6 Å². The molecule has 37 heavy (non-hydrogen) atoms. The summed E-state index contributed by atoms with van der Waals surface area (Å²) in [6, 6.07) is 18.6. The normalized spacial score (nSPS) is 15.4. The van der Waals surface area contributed by atoms with E-state index in [1.54, 1.807) is 24.3 Å². The summed E-state index contributed by atoms with van der Waals surface area (Å²) in [4.78, 5) is 39.2. The van der Waals surface area contributed by atoms with Crippen LogP contribution in [0.5, 0.6) is 17.2 Å². The monoisotopic (exact) mass is 740 g/mol. The molecule has 11 heteroatoms. The SMILES string of the molecule is O=C(CN1C(=O)S/C(=C/c2cc(I)c(OCc3ccccc3)c(I)c2)C1=O)Nc1ccc2c(c1)OCO2. The fourth-order valence-corrected chi connectivity index (χ4v) is 6.60. The first-order valence-electron chi connectivity index (χ1n) is 11.0. The molecule has 0 saturated carbocycles. The van der Waals surface area contributed by atoms with Gasteiger partial charge in [-0.2, -0.15) is 0 Å². The van der Waals surface area contributed by atoms with Gasteiger partial charge in [-0.05, 0) is 98.4 Å². The van der Waals surface area contributed by atoms with Gasteiger partial charge in [-0.1, -0.05) is 30.3 Å². The third-order valence-corrected chi connectivity index (χ3v) is 7.89. The zero-order chi connectivity index (χ0) is 25.9. The summed E-state index contributed by atoms with van der Waals surface area (Å²) in [5.41, 5.74) is 2.31. The maximum absolute atomic E-state index is 12.9. The molecule has 2 aliphatic rings. The van der Waals surface area contributed by atoms with Gasteiger partial charge in [0.1, 0.15) is 18.9 Å². The second-order valence-corrected chi connectivity index (χ2v) is 11.3. The lowest BCUT2D eigenvalue weighted by Gasteiger charge is -2.13. The first-order valence-corrected chi connectivity index (χ1v) is 14.0. The Balaban J connectivity index is 1.24. The molecule has 188 valence electrons. The number of ether oxygens (including phenoxy) is 3. The van der Waals surface area contributed by atoms with Crippen LogP contribution in [-0.4, -0.2) is 35.3 Å². The Labute approximate surface area is 244 Å². The highest BCUT2D eigenvalue weighted by atomic mass is 127. The molecule has 0 unspecified atom stereocenters. The van der Waals surface area contributed by atoms with E-state index in [4.69, 9.17) is 14.2 Å². The largest absolute Gasteiger partial charge is 0.487 e. The fraction of sp³-hybridized carbons (Fsp3) is 0.115. The summed E-state index contributed by atoms with van der Waals surface area (Å²) < 4.78 is 18.4. The number of rotatable bonds is 7. The summed E-state index contributed by atoms with van der Waals surface area (Å²) >= 11 is 5.20. The van der Waals surface area contributed by atoms with Gasteiger partial charge in [-0.15, -0.1) is 0 Å². The molecule has 1 N–H and O–H groups in total. The van der Waals surface area contributed by atoms with Crippen molar-refractivity contribution >= 4 is 85.8 Å². The van der Waals surface area contributed by atoms with Crippen LogP contribution in [0.4, 0.5) is 10.5 Å². The van der Waals surface area contributed by atoms with Crippen molar-refractivity contribution in [3.05, 3.63) is 83.8 Å². The third kappa shape index (κ3) is 6.04. The first kappa shape index (κ1) is 25.9. The number of fused-ring (bicyclic) bond motifs is 1. The maximum atomic E-state index is 12.9. The van der Waals surface area contributed by atoms with Gasteiger partial charge in [0.05, 0.1) is 12.0 Å². The number of amides is 3. The van der Waals surface area contributed by atoms with E-state index in [-0.39, 0.29) is 11.7 Å². The number of thioether (sulfide) groups is 1. The van der Waals surface area contributed by atoms with Gasteiger partial charge in [0.2, 0.25) is 12.7 Å². The van der Waals surface area contributed by atoms with Gasteiger partial charge in [0.25, 0.3) is 11.1 Å². The van der Waals surface area contributed by atoms with Crippen molar-refractivity contribution in [2.45, 2.75) is 6.61 Å². The Morgan fingerprint density at radius 1 is 1.03 bits per heavy atom. The number of carbonyl (C=O) groups is 3. The molecule has 0 radical (unpaired) electrons. The van der Waals surface area contributed by atoms with Crippen LogP contribution in [0.3, 0.4) is 0 Å². The van der Waals surface area contributed by atoms with Crippen molar-refractivity contribution in [3.8, 4) is 17.2 Å². The van der Waals surface area contributed by atoms with E-state index in [9.17, 15) is 14.4 Å². The van der Waals surface area contributed by atoms with E-state index in [1.165, 1.54) is 0 Å². The Hall–Kier alpha value is -2.78. The molecule has 1 fully saturated rings. The van der Waals surface area contributed by atoms with E-state index in [0.717, 1.165) is 40.7 Å². The zero-order valence-electron chi connectivity index (χ0n) is 19.0. The van der Waals surface area contributed by atoms with Gasteiger partial charge >= 0.3 is 0 Å². The Bertz CT molecular complexity index is 1410. The summed E-state index contributed by atoms with van der Waals surface area (Å²) in [6.07, 6.45) is 1.66. The minimum Gasteiger partial charge on any atom is -0.487 e. The summed E-state index contributed by atoms with van der Waals surface area (Å²) in [5, 5.41) is 2.19. The first-order chi connectivity index (χ1) is 17.9. The molecular formula is C26H18I2N2O6S. The van der Waals surface area contributed by atoms with Crippen molar-refractivity contribution in [2.24, 2.45) is 0 Å². The van der Waals surface area contributed by atoms with Gasteiger partial charge < -0.3 is 19.5 Å². The van der Waals surface area contributed by atoms with Gasteiger partial charge in [-0.3, -0.25) is 19.3 Å². The van der Waals surface area contributed by atoms with Crippen molar-refractivity contribution < 1.29 is 28.6 Å². The molecule has 0 aromatic heterocycles. The number of anilines is 1. The van der Waals surface area contributed by atoms with Crippen molar-refractivity contribution in [1.29, 1.82) is 0 Å². The van der Waals surface area contributed by atoms with E-state index >= 15 is 0 Å². The summed E-state index contributed by atoms with van der Waals surface area (Å²) in [6.45, 7) is 0.175. The van der Waals surface area contributed by atoms with Gasteiger partial charge in [-0.25, -0.2) is 0 Å². The lowest BCUT2D eigenvalue weighted by atomic mass is 10.2. The molecule has 0 aliphatic carbocycles. The van der Waals surface area contributed by atoms with Gasteiger partial charge in [0, 0.05) is 11.8 Å². The van der Waals surface area contributed by atoms with Crippen molar-refractivity contribution in [2.75, 3.05) is 18.7 Å². The molecular weight excluding hydrogens is 722 g/mol. The number of nitrogens with zero attached hydrogens (tertiary/aromatic N) is 1. The van der Waals surface area contributed by atoms with Gasteiger partial charge in [0.15, 0.2) is 11.5 Å². The topological polar surface area (TPSA) is 94.2 Å². The standard InChI is InChI=1S/C26H18I2N2O6S/c27-18-8-16(9-19(28)24(18)34-13-15-4-2-1-3-5-15)10-22-25(32)30(26(33)37-22)12-23(31)29-17-6-7-20-21(11-17)36-14-35-20/h1-11H,12-14H2,(H,29,31)/b22-10+. The molecule has 3 aromatic carbocycles. The molecule has 2 aliphatic heterocycles. The number of carbonyl (C=O) groups excluding carboxylic acids is 3. The van der Waals surface area contributed by atoms with E-state index in [1.807, 2.05) is 42.5 Å². The summed E-state index contributed by atoms with van der Waals surface area (Å²) in [7, 11) is 0. The number of hydrogen-bond acceptors (Lipinski definition) is 7. The van der Waals surface area contributed by atoms with Crippen LogP contribution in [0.25, 0.3) is 6.08 Å². The number of imide groups is 1. The molecule has 1 saturated heterocycles. The van der Waals surface area contributed by atoms with Crippen LogP contribution in [0.1, 0.15) is 11.1 Å². The third-order valence-electron chi connectivity index (χ3n) is 5.38. The molecule has 8 nitrogen and oxygen atoms in total. The molecule has 0 bridgehead atoms. The highest BCUT2D eigenvalue weighted by molar-refractivity contribution is 14.1. The Morgan fingerprint density at radius 3 is 2.51 bits per heavy atom. The Morgan fingerprint density at radius 2 is 1.76 bits per heavy atom. The smallest absolute Gasteiger partial charge is 0.294 e. The minimum atomic E-state index is -0.509. The van der Waals surface area contributed by atoms with Crippen LogP contribution >= 0.6 is 56.9 Å². The van der Waals surface area contributed by atoms with Crippen LogP contribution < -0.4 is 19.5 Å². The fourth-order valence-electron chi connectivity index (χ4n) is 3.64. The lowest BCUT2D eigenvalue weighted by Crippen LogP contribution is -2.36. The van der Waals surface area contributed by atoms with Crippen molar-refractivity contribution in [3.63, 3.8) is 0 Å². The Kier molecular flexibility index (Phi) is 7.90. The predicted molar refractivity (Wildman–Crippen MR) is 157 cm³/mol. The number of nitrogens with one attached hydrogen (secondary N) is 1. The molecule has 3 amide bonds. The average Bonchev–Trinajstić information content (AvgIpc) is 3.44. The quantitative estimate of drug-likeness (QED) is 0.239. The minimum absolute atomic E-state index is 0.122. The second-order valence-electron chi connectivity index (χ2n) is 7.97. The molecule has 2 heterocycles. The zero-order valence-corrected chi connectivity index (χ0v) is 24.2. The van der Waals surface area contributed by atoms with Crippen LogP contribution in [0, 0.1) is 7.14 Å². The average molecular weight is 740 g/mol. The predicted octanol–water partition coefficient (Wildman–Crippen LogP) is 5.88. The summed E-state index contributed by atoms with van der Waals surface area (Å²) in [5.74, 6) is 0.869. The molecule has 0 atom stereocenters. The molecule has 5 rings (SSSR count). The van der Waals surface area contributed by atoms with Crippen molar-refractivity contribution in [1.82, 2.24) is 4.90 Å². The number of hydrogen-bond donors (Lipinski definition) is 1. The highest BCUT2D eigenvalue weighted by Gasteiger charge is 2.36. The number of benzene rings is 3. The highest BCUT2D eigenvalue weighted by Crippen LogP contribution is 2.36. The number of halogens is 2. The maximum Gasteiger partial charge on any atom is 0.294 e. The van der Waals surface area contributed by atoms with E-state index in [0.29, 0.717) is 23.8 Å². The molecule has 0 spiro atoms. The van der Waals surface area contributed by atoms with E-state index < -0.39 is 23.6 Å². The van der Waals surface area contributed by atoms with Crippen LogP contribution in [-0.2, 0) is 16.2 Å². The van der Waals surface area contributed by atoms with Crippen LogP contribution in [0.2, 0.25) is 0 Å². The van der Waals surface area contributed by atoms with E-state index in [2.05, 4.69) is 50.5 Å². The second kappa shape index (κ2) is 11.3.